The van der Waals surface area contributed by atoms with E-state index in [9.17, 15) is 9.59 Å². The van der Waals surface area contributed by atoms with Gasteiger partial charge in [-0.3, -0.25) is 14.3 Å². The Labute approximate surface area is 151 Å². The number of hydrogen-bond donors (Lipinski definition) is 1. The summed E-state index contributed by atoms with van der Waals surface area (Å²) in [7, 11) is 0. The Bertz CT molecular complexity index is 949. The van der Waals surface area contributed by atoms with Crippen LogP contribution in [0, 0.1) is 6.92 Å². The minimum Gasteiger partial charge on any atom is -0.456 e. The van der Waals surface area contributed by atoms with Gasteiger partial charge in [-0.05, 0) is 30.7 Å². The molecule has 3 aromatic rings. The summed E-state index contributed by atoms with van der Waals surface area (Å²) < 4.78 is 7.05. The number of furan rings is 1. The van der Waals surface area contributed by atoms with Crippen molar-refractivity contribution in [2.24, 2.45) is 0 Å². The van der Waals surface area contributed by atoms with E-state index in [-0.39, 0.29) is 11.7 Å². The zero-order valence-corrected chi connectivity index (χ0v) is 14.6. The topological polar surface area (TPSA) is 77.1 Å². The quantitative estimate of drug-likeness (QED) is 0.544. The van der Waals surface area contributed by atoms with Crippen LogP contribution in [0.1, 0.15) is 34.4 Å². The molecule has 6 nitrogen and oxygen atoms in total. The summed E-state index contributed by atoms with van der Waals surface area (Å²) in [6, 6.07) is 11.3. The standard InChI is InChI=1S/C20H19N3O3/c1-14-3-5-16(6-4-14)7-10-20(25)22-17-11-21-23(12-17)13-18-8-9-19(26-18)15(2)24/h3-12H,13H2,1-2H3,(H,22,25)/b10-7+. The molecule has 0 saturated heterocycles. The Hall–Kier alpha value is -3.41. The second-order valence-electron chi connectivity index (χ2n) is 5.98. The molecule has 0 fully saturated rings. The number of Topliss-reactive ketones (excluding diaryl/α,β-unsaturated/α-hetero) is 1. The highest BCUT2D eigenvalue weighted by Gasteiger charge is 2.08. The molecule has 1 aromatic carbocycles. The molecule has 1 amide bonds. The van der Waals surface area contributed by atoms with Gasteiger partial charge in [0.2, 0.25) is 5.91 Å². The van der Waals surface area contributed by atoms with Crippen molar-refractivity contribution in [1.29, 1.82) is 0 Å². The predicted molar refractivity (Wildman–Crippen MR) is 98.9 cm³/mol. The van der Waals surface area contributed by atoms with E-state index in [1.165, 1.54) is 18.6 Å². The highest BCUT2D eigenvalue weighted by molar-refractivity contribution is 6.01. The van der Waals surface area contributed by atoms with Gasteiger partial charge in [0.25, 0.3) is 0 Å². The number of carbonyl (C=O) groups is 2. The average Bonchev–Trinajstić information content (AvgIpc) is 3.24. The maximum absolute atomic E-state index is 12.0. The molecule has 0 bridgehead atoms. The largest absolute Gasteiger partial charge is 0.456 e. The lowest BCUT2D eigenvalue weighted by Crippen LogP contribution is -2.07. The molecule has 3 rings (SSSR count). The second kappa shape index (κ2) is 7.65. The molecule has 0 aliphatic carbocycles. The van der Waals surface area contributed by atoms with E-state index in [0.717, 1.165) is 5.56 Å². The highest BCUT2D eigenvalue weighted by atomic mass is 16.3. The molecular weight excluding hydrogens is 330 g/mol. The normalized spacial score (nSPS) is 11.0. The minimum absolute atomic E-state index is 0.120. The van der Waals surface area contributed by atoms with Crippen molar-refractivity contribution in [3.05, 3.63) is 77.5 Å². The van der Waals surface area contributed by atoms with Crippen LogP contribution in [-0.4, -0.2) is 21.5 Å². The molecule has 0 spiro atoms. The third kappa shape index (κ3) is 4.57. The first-order valence-electron chi connectivity index (χ1n) is 8.17. The number of aromatic nitrogens is 2. The van der Waals surface area contributed by atoms with Crippen molar-refractivity contribution in [2.75, 3.05) is 5.32 Å². The van der Waals surface area contributed by atoms with Crippen LogP contribution in [0.15, 0.2) is 59.3 Å². The molecule has 6 heteroatoms. The molecule has 0 atom stereocenters. The number of anilines is 1. The number of nitrogens with zero attached hydrogens (tertiary/aromatic N) is 2. The number of aryl methyl sites for hydroxylation is 1. The van der Waals surface area contributed by atoms with Gasteiger partial charge in [-0.1, -0.05) is 29.8 Å². The Kier molecular flexibility index (Phi) is 5.12. The summed E-state index contributed by atoms with van der Waals surface area (Å²) in [5.74, 6) is 0.587. The fourth-order valence-electron chi connectivity index (χ4n) is 2.36. The molecule has 132 valence electrons. The Morgan fingerprint density at radius 2 is 1.96 bits per heavy atom. The maximum atomic E-state index is 12.0. The lowest BCUT2D eigenvalue weighted by molar-refractivity contribution is -0.111. The molecule has 2 aromatic heterocycles. The monoisotopic (exact) mass is 349 g/mol. The van der Waals surface area contributed by atoms with Gasteiger partial charge in [0, 0.05) is 19.2 Å². The van der Waals surface area contributed by atoms with Gasteiger partial charge in [-0.15, -0.1) is 0 Å². The van der Waals surface area contributed by atoms with Crippen LogP contribution in [0.5, 0.6) is 0 Å². The molecular formula is C20H19N3O3. The summed E-state index contributed by atoms with van der Waals surface area (Å²) in [5.41, 5.74) is 2.72. The van der Waals surface area contributed by atoms with Crippen LogP contribution in [0.4, 0.5) is 5.69 Å². The summed E-state index contributed by atoms with van der Waals surface area (Å²) >= 11 is 0. The van der Waals surface area contributed by atoms with Gasteiger partial charge in [-0.2, -0.15) is 5.10 Å². The molecule has 0 unspecified atom stereocenters. The second-order valence-corrected chi connectivity index (χ2v) is 5.98. The molecule has 0 aliphatic heterocycles. The van der Waals surface area contributed by atoms with Crippen LogP contribution in [0.25, 0.3) is 6.08 Å². The molecule has 26 heavy (non-hydrogen) atoms. The van der Waals surface area contributed by atoms with E-state index in [0.29, 0.717) is 23.8 Å². The zero-order chi connectivity index (χ0) is 18.5. The molecule has 1 N–H and O–H groups in total. The summed E-state index contributed by atoms with van der Waals surface area (Å²) in [5, 5.41) is 6.94. The van der Waals surface area contributed by atoms with Crippen molar-refractivity contribution in [3.63, 3.8) is 0 Å². The Morgan fingerprint density at radius 1 is 1.19 bits per heavy atom. The molecule has 2 heterocycles. The third-order valence-corrected chi connectivity index (χ3v) is 3.73. The van der Waals surface area contributed by atoms with Gasteiger partial charge >= 0.3 is 0 Å². The lowest BCUT2D eigenvalue weighted by atomic mass is 10.1. The first kappa shape index (κ1) is 17.4. The number of amides is 1. The van der Waals surface area contributed by atoms with E-state index < -0.39 is 0 Å². The Morgan fingerprint density at radius 3 is 2.65 bits per heavy atom. The highest BCUT2D eigenvalue weighted by Crippen LogP contribution is 2.12. The third-order valence-electron chi connectivity index (χ3n) is 3.73. The first-order valence-corrected chi connectivity index (χ1v) is 8.17. The summed E-state index contributed by atoms with van der Waals surface area (Å²) in [6.45, 7) is 3.85. The Balaban J connectivity index is 1.57. The van der Waals surface area contributed by atoms with Crippen molar-refractivity contribution in [3.8, 4) is 0 Å². The van der Waals surface area contributed by atoms with E-state index in [2.05, 4.69) is 10.4 Å². The number of nitrogens with one attached hydrogen (secondary N) is 1. The fraction of sp³-hybridized carbons (Fsp3) is 0.150. The smallest absolute Gasteiger partial charge is 0.248 e. The van der Waals surface area contributed by atoms with Crippen molar-refractivity contribution < 1.29 is 14.0 Å². The zero-order valence-electron chi connectivity index (χ0n) is 14.6. The molecule has 0 aliphatic rings. The first-order chi connectivity index (χ1) is 12.5. The minimum atomic E-state index is -0.234. The number of rotatable bonds is 6. The van der Waals surface area contributed by atoms with E-state index >= 15 is 0 Å². The van der Waals surface area contributed by atoms with E-state index in [1.807, 2.05) is 31.2 Å². The van der Waals surface area contributed by atoms with Gasteiger partial charge in [0.05, 0.1) is 18.4 Å². The van der Waals surface area contributed by atoms with E-state index in [4.69, 9.17) is 4.42 Å². The van der Waals surface area contributed by atoms with Gasteiger partial charge in [0.1, 0.15) is 5.76 Å². The van der Waals surface area contributed by atoms with Crippen molar-refractivity contribution >= 4 is 23.5 Å². The van der Waals surface area contributed by atoms with Crippen molar-refractivity contribution in [1.82, 2.24) is 9.78 Å². The van der Waals surface area contributed by atoms with Gasteiger partial charge < -0.3 is 9.73 Å². The molecule has 0 saturated carbocycles. The summed E-state index contributed by atoms with van der Waals surface area (Å²) in [4.78, 5) is 23.3. The SMILES string of the molecule is CC(=O)c1ccc(Cn2cc(NC(=O)/C=C/c3ccc(C)cc3)cn2)o1. The van der Waals surface area contributed by atoms with Crippen molar-refractivity contribution in [2.45, 2.75) is 20.4 Å². The van der Waals surface area contributed by atoms with E-state index in [1.54, 1.807) is 35.3 Å². The molecule has 0 radical (unpaired) electrons. The van der Waals surface area contributed by atoms with Crippen LogP contribution in [-0.2, 0) is 11.3 Å². The van der Waals surface area contributed by atoms with Crippen LogP contribution < -0.4 is 5.32 Å². The lowest BCUT2D eigenvalue weighted by Gasteiger charge is -1.99. The van der Waals surface area contributed by atoms with Crippen LogP contribution >= 0.6 is 0 Å². The van der Waals surface area contributed by atoms with Crippen LogP contribution in [0.3, 0.4) is 0 Å². The number of hydrogen-bond acceptors (Lipinski definition) is 4. The van der Waals surface area contributed by atoms with Gasteiger partial charge in [-0.25, -0.2) is 0 Å². The number of carbonyl (C=O) groups excluding carboxylic acids is 2. The maximum Gasteiger partial charge on any atom is 0.248 e. The van der Waals surface area contributed by atoms with Gasteiger partial charge in [0.15, 0.2) is 11.5 Å². The fourth-order valence-corrected chi connectivity index (χ4v) is 2.36. The number of ketones is 1. The average molecular weight is 349 g/mol. The van der Waals surface area contributed by atoms with Crippen LogP contribution in [0.2, 0.25) is 0 Å². The number of benzene rings is 1. The summed E-state index contributed by atoms with van der Waals surface area (Å²) in [6.07, 6.45) is 6.50. The predicted octanol–water partition coefficient (Wildman–Crippen LogP) is 3.69.